The van der Waals surface area contributed by atoms with Gasteiger partial charge in [-0.1, -0.05) is 25.4 Å². The summed E-state index contributed by atoms with van der Waals surface area (Å²) < 4.78 is 0. The molecule has 0 aliphatic carbocycles. The van der Waals surface area contributed by atoms with Gasteiger partial charge >= 0.3 is 0 Å². The summed E-state index contributed by atoms with van der Waals surface area (Å²) in [4.78, 5) is 19.4. The molecule has 0 fully saturated rings. The first-order valence-corrected chi connectivity index (χ1v) is 6.18. The molecule has 2 heterocycles. The lowest BCUT2D eigenvalue weighted by molar-refractivity contribution is 0.834. The Hall–Kier alpha value is -1.13. The van der Waals surface area contributed by atoms with Gasteiger partial charge in [0.05, 0.1) is 21.9 Å². The monoisotopic (exact) mass is 254 g/mol. The van der Waals surface area contributed by atoms with Crippen LogP contribution in [0.25, 0.3) is 10.6 Å². The third-order valence-corrected chi connectivity index (χ3v) is 3.65. The highest BCUT2D eigenvalue weighted by Gasteiger charge is 2.16. The van der Waals surface area contributed by atoms with Gasteiger partial charge in [-0.2, -0.15) is 0 Å². The highest BCUT2D eigenvalue weighted by atomic mass is 35.5. The van der Waals surface area contributed by atoms with Crippen molar-refractivity contribution in [3.05, 3.63) is 38.7 Å². The maximum Gasteiger partial charge on any atom is 0.254 e. The SMILES string of the molecule is CC(C)c1c(-c2sccc2Cl)nc[nH]c1=O. The fourth-order valence-corrected chi connectivity index (χ4v) is 2.75. The van der Waals surface area contributed by atoms with Gasteiger partial charge in [0.2, 0.25) is 0 Å². The molecule has 16 heavy (non-hydrogen) atoms. The molecule has 1 N–H and O–H groups in total. The van der Waals surface area contributed by atoms with Gasteiger partial charge in [0.25, 0.3) is 5.56 Å². The zero-order valence-electron chi connectivity index (χ0n) is 8.95. The Labute approximate surface area is 102 Å². The van der Waals surface area contributed by atoms with Gasteiger partial charge in [0, 0.05) is 5.56 Å². The normalized spacial score (nSPS) is 11.0. The molecule has 2 rings (SSSR count). The first kappa shape index (κ1) is 11.4. The summed E-state index contributed by atoms with van der Waals surface area (Å²) in [6, 6.07) is 1.81. The third kappa shape index (κ3) is 1.90. The molecule has 0 radical (unpaired) electrons. The van der Waals surface area contributed by atoms with Crippen LogP contribution in [-0.2, 0) is 0 Å². The molecule has 5 heteroatoms. The van der Waals surface area contributed by atoms with E-state index in [1.807, 2.05) is 25.3 Å². The number of H-pyrrole nitrogens is 1. The average molecular weight is 255 g/mol. The summed E-state index contributed by atoms with van der Waals surface area (Å²) >= 11 is 7.56. The van der Waals surface area contributed by atoms with Gasteiger partial charge in [-0.05, 0) is 17.4 Å². The lowest BCUT2D eigenvalue weighted by Crippen LogP contribution is -2.15. The molecular formula is C11H11ClN2OS. The van der Waals surface area contributed by atoms with Crippen LogP contribution in [0.4, 0.5) is 0 Å². The smallest absolute Gasteiger partial charge is 0.254 e. The van der Waals surface area contributed by atoms with Crippen LogP contribution in [0.3, 0.4) is 0 Å². The van der Waals surface area contributed by atoms with Gasteiger partial charge < -0.3 is 4.98 Å². The van der Waals surface area contributed by atoms with Gasteiger partial charge in [0.1, 0.15) is 0 Å². The molecule has 0 aliphatic rings. The van der Waals surface area contributed by atoms with Gasteiger partial charge in [-0.15, -0.1) is 11.3 Å². The van der Waals surface area contributed by atoms with Gasteiger partial charge in [0.15, 0.2) is 0 Å². The van der Waals surface area contributed by atoms with E-state index >= 15 is 0 Å². The number of aromatic amines is 1. The van der Waals surface area contributed by atoms with Crippen LogP contribution in [0.5, 0.6) is 0 Å². The minimum Gasteiger partial charge on any atom is -0.313 e. The number of hydrogen-bond acceptors (Lipinski definition) is 3. The molecule has 0 spiro atoms. The van der Waals surface area contributed by atoms with Crippen molar-refractivity contribution in [2.75, 3.05) is 0 Å². The fourth-order valence-electron chi connectivity index (χ4n) is 1.59. The predicted molar refractivity (Wildman–Crippen MR) is 67.3 cm³/mol. The summed E-state index contributed by atoms with van der Waals surface area (Å²) in [5, 5.41) is 2.54. The summed E-state index contributed by atoms with van der Waals surface area (Å²) in [5.41, 5.74) is 1.29. The molecule has 0 atom stereocenters. The molecule has 0 bridgehead atoms. The van der Waals surface area contributed by atoms with Crippen molar-refractivity contribution in [1.82, 2.24) is 9.97 Å². The molecule has 0 aliphatic heterocycles. The van der Waals surface area contributed by atoms with E-state index in [1.165, 1.54) is 17.7 Å². The first-order chi connectivity index (χ1) is 7.61. The van der Waals surface area contributed by atoms with Crippen molar-refractivity contribution < 1.29 is 0 Å². The molecule has 0 saturated carbocycles. The molecule has 2 aromatic heterocycles. The number of rotatable bonds is 2. The average Bonchev–Trinajstić information content (AvgIpc) is 2.63. The molecule has 0 amide bonds. The fraction of sp³-hybridized carbons (Fsp3) is 0.273. The second-order valence-corrected chi connectivity index (χ2v) is 5.07. The zero-order valence-corrected chi connectivity index (χ0v) is 10.5. The Bertz CT molecular complexity index is 559. The van der Waals surface area contributed by atoms with Crippen molar-refractivity contribution in [3.8, 4) is 10.6 Å². The molecule has 0 aromatic carbocycles. The van der Waals surface area contributed by atoms with Crippen molar-refractivity contribution in [2.45, 2.75) is 19.8 Å². The topological polar surface area (TPSA) is 45.8 Å². The lowest BCUT2D eigenvalue weighted by Gasteiger charge is -2.08. The van der Waals surface area contributed by atoms with E-state index in [9.17, 15) is 4.79 Å². The van der Waals surface area contributed by atoms with E-state index in [0.29, 0.717) is 16.3 Å². The summed E-state index contributed by atoms with van der Waals surface area (Å²) in [6.45, 7) is 3.94. The Kier molecular flexibility index (Phi) is 3.12. The van der Waals surface area contributed by atoms with Crippen molar-refractivity contribution in [1.29, 1.82) is 0 Å². The molecule has 0 unspecified atom stereocenters. The Morgan fingerprint density at radius 3 is 2.81 bits per heavy atom. The van der Waals surface area contributed by atoms with Crippen LogP contribution >= 0.6 is 22.9 Å². The predicted octanol–water partition coefficient (Wildman–Crippen LogP) is 3.28. The van der Waals surface area contributed by atoms with Crippen molar-refractivity contribution in [3.63, 3.8) is 0 Å². The summed E-state index contributed by atoms with van der Waals surface area (Å²) in [6.07, 6.45) is 1.42. The summed E-state index contributed by atoms with van der Waals surface area (Å²) in [5.74, 6) is 0.116. The Morgan fingerprint density at radius 1 is 1.50 bits per heavy atom. The molecular weight excluding hydrogens is 244 g/mol. The molecule has 0 saturated heterocycles. The van der Waals surface area contributed by atoms with Crippen molar-refractivity contribution >= 4 is 22.9 Å². The second kappa shape index (κ2) is 4.39. The van der Waals surface area contributed by atoms with E-state index in [4.69, 9.17) is 11.6 Å². The summed E-state index contributed by atoms with van der Waals surface area (Å²) in [7, 11) is 0. The zero-order chi connectivity index (χ0) is 11.7. The van der Waals surface area contributed by atoms with Crippen LogP contribution in [0.2, 0.25) is 5.02 Å². The van der Waals surface area contributed by atoms with Crippen LogP contribution < -0.4 is 5.56 Å². The standard InChI is InChI=1S/C11H11ClN2OS/c1-6(2)8-9(13-5-14-11(8)15)10-7(12)3-4-16-10/h3-6H,1-2H3,(H,13,14,15). The number of nitrogens with one attached hydrogen (secondary N) is 1. The Morgan fingerprint density at radius 2 is 2.25 bits per heavy atom. The Balaban J connectivity index is 2.71. The largest absolute Gasteiger partial charge is 0.313 e. The number of aromatic nitrogens is 2. The lowest BCUT2D eigenvalue weighted by atomic mass is 10.0. The van der Waals surface area contributed by atoms with E-state index < -0.39 is 0 Å². The quantitative estimate of drug-likeness (QED) is 0.894. The number of nitrogens with zero attached hydrogens (tertiary/aromatic N) is 1. The second-order valence-electron chi connectivity index (χ2n) is 3.75. The van der Waals surface area contributed by atoms with E-state index in [2.05, 4.69) is 9.97 Å². The van der Waals surface area contributed by atoms with Crippen LogP contribution in [0.1, 0.15) is 25.3 Å². The van der Waals surface area contributed by atoms with Gasteiger partial charge in [-0.25, -0.2) is 4.98 Å². The van der Waals surface area contributed by atoms with E-state index in [1.54, 1.807) is 0 Å². The maximum atomic E-state index is 11.8. The molecule has 84 valence electrons. The number of hydrogen-bond donors (Lipinski definition) is 1. The van der Waals surface area contributed by atoms with E-state index in [0.717, 1.165) is 4.88 Å². The van der Waals surface area contributed by atoms with Crippen LogP contribution in [-0.4, -0.2) is 9.97 Å². The number of thiophene rings is 1. The minimum atomic E-state index is -0.0931. The maximum absolute atomic E-state index is 11.8. The van der Waals surface area contributed by atoms with Gasteiger partial charge in [-0.3, -0.25) is 4.79 Å². The molecule has 2 aromatic rings. The molecule has 3 nitrogen and oxygen atoms in total. The number of halogens is 1. The first-order valence-electron chi connectivity index (χ1n) is 4.92. The highest BCUT2D eigenvalue weighted by molar-refractivity contribution is 7.14. The highest BCUT2D eigenvalue weighted by Crippen LogP contribution is 2.34. The van der Waals surface area contributed by atoms with Crippen molar-refractivity contribution in [2.24, 2.45) is 0 Å². The van der Waals surface area contributed by atoms with E-state index in [-0.39, 0.29) is 11.5 Å². The minimum absolute atomic E-state index is 0.0931. The van der Waals surface area contributed by atoms with Crippen LogP contribution in [0.15, 0.2) is 22.6 Å². The third-order valence-electron chi connectivity index (χ3n) is 2.30. The van der Waals surface area contributed by atoms with Crippen LogP contribution in [0, 0.1) is 0 Å².